The van der Waals surface area contributed by atoms with Gasteiger partial charge in [-0.25, -0.2) is 0 Å². The van der Waals surface area contributed by atoms with Crippen LogP contribution in [0.1, 0.15) is 181 Å². The van der Waals surface area contributed by atoms with E-state index in [9.17, 15) is 0 Å². The van der Waals surface area contributed by atoms with E-state index >= 15 is 0 Å². The van der Waals surface area contributed by atoms with Gasteiger partial charge in [-0.15, -0.1) is 0 Å². The van der Waals surface area contributed by atoms with Gasteiger partial charge in [0.05, 0.1) is 12.2 Å². The average Bonchev–Trinajstić information content (AvgIpc) is 2.90. The molecule has 0 heterocycles. The fourth-order valence-corrected chi connectivity index (χ4v) is 5.82. The first-order valence-corrected chi connectivity index (χ1v) is 17.9. The van der Waals surface area contributed by atoms with Gasteiger partial charge < -0.3 is 14.5 Å². The minimum atomic E-state index is 0.464. The van der Waals surface area contributed by atoms with Crippen molar-refractivity contribution in [3.8, 4) is 0 Å². The highest BCUT2D eigenvalue weighted by molar-refractivity contribution is 4.68. The van der Waals surface area contributed by atoms with E-state index in [4.69, 9.17) is 4.74 Å². The molecular formula is C36H76N2O. The predicted molar refractivity (Wildman–Crippen MR) is 177 cm³/mol. The molecule has 0 aromatic rings. The summed E-state index contributed by atoms with van der Waals surface area (Å²) in [5.41, 5.74) is 0. The quantitative estimate of drug-likeness (QED) is 0.0772. The van der Waals surface area contributed by atoms with Gasteiger partial charge in [0.2, 0.25) is 0 Å². The molecule has 0 radical (unpaired) electrons. The lowest BCUT2D eigenvalue weighted by molar-refractivity contribution is -0.0330. The van der Waals surface area contributed by atoms with Gasteiger partial charge in [0.15, 0.2) is 0 Å². The summed E-state index contributed by atoms with van der Waals surface area (Å²) in [6.45, 7) is 6.98. The molecule has 0 aliphatic rings. The van der Waals surface area contributed by atoms with E-state index in [1.807, 2.05) is 0 Å². The molecule has 0 spiro atoms. The van der Waals surface area contributed by atoms with E-state index in [1.165, 1.54) is 180 Å². The Labute approximate surface area is 248 Å². The third-order valence-electron chi connectivity index (χ3n) is 8.41. The average molecular weight is 553 g/mol. The Bertz CT molecular complexity index is 413. The highest BCUT2D eigenvalue weighted by Crippen LogP contribution is 2.22. The third-order valence-corrected chi connectivity index (χ3v) is 8.41. The van der Waals surface area contributed by atoms with Gasteiger partial charge in [-0.2, -0.15) is 0 Å². The zero-order valence-electron chi connectivity index (χ0n) is 28.3. The van der Waals surface area contributed by atoms with Crippen LogP contribution in [0.15, 0.2) is 0 Å². The molecule has 0 bridgehead atoms. The monoisotopic (exact) mass is 553 g/mol. The van der Waals surface area contributed by atoms with E-state index in [1.54, 1.807) is 0 Å². The fraction of sp³-hybridized carbons (Fsp3) is 1.00. The summed E-state index contributed by atoms with van der Waals surface area (Å²) in [4.78, 5) is 4.66. The molecule has 0 fully saturated rings. The standard InChI is InChI=1S/C36H76N2O/c1-7-9-11-13-15-17-19-21-23-25-29-35(31-27-33-37(3)4)39-36(32-28-34-38(5)6)30-26-24-22-20-18-16-14-12-10-8-2/h35-36H,7-34H2,1-6H3. The number of hydrogen-bond donors (Lipinski definition) is 0. The van der Waals surface area contributed by atoms with E-state index in [-0.39, 0.29) is 0 Å². The van der Waals surface area contributed by atoms with Crippen LogP contribution in [0.4, 0.5) is 0 Å². The van der Waals surface area contributed by atoms with Crippen LogP contribution in [0.25, 0.3) is 0 Å². The minimum absolute atomic E-state index is 0.464. The van der Waals surface area contributed by atoms with Crippen LogP contribution in [0.2, 0.25) is 0 Å². The van der Waals surface area contributed by atoms with Gasteiger partial charge in [-0.05, 0) is 79.8 Å². The SMILES string of the molecule is CCCCCCCCCCCCC(CCCN(C)C)OC(CCCCCCCCCCCC)CCCN(C)C. The number of hydrogen-bond acceptors (Lipinski definition) is 3. The molecule has 0 aromatic carbocycles. The topological polar surface area (TPSA) is 15.7 Å². The first-order chi connectivity index (χ1) is 19.0. The molecule has 39 heavy (non-hydrogen) atoms. The highest BCUT2D eigenvalue weighted by atomic mass is 16.5. The summed E-state index contributed by atoms with van der Waals surface area (Å²) in [6.07, 6.45) is 36.8. The zero-order chi connectivity index (χ0) is 28.8. The van der Waals surface area contributed by atoms with Crippen molar-refractivity contribution in [2.24, 2.45) is 0 Å². The van der Waals surface area contributed by atoms with Crippen molar-refractivity contribution in [1.29, 1.82) is 0 Å². The van der Waals surface area contributed by atoms with Gasteiger partial charge in [0.25, 0.3) is 0 Å². The number of nitrogens with zero attached hydrogens (tertiary/aromatic N) is 2. The molecule has 3 heteroatoms. The summed E-state index contributed by atoms with van der Waals surface area (Å²) >= 11 is 0. The molecule has 0 N–H and O–H groups in total. The smallest absolute Gasteiger partial charge is 0.0579 e. The molecule has 3 nitrogen and oxygen atoms in total. The van der Waals surface area contributed by atoms with Crippen LogP contribution in [0.3, 0.4) is 0 Å². The number of unbranched alkanes of at least 4 members (excludes halogenated alkanes) is 18. The Kier molecular flexibility index (Phi) is 30.7. The Hall–Kier alpha value is -0.120. The van der Waals surface area contributed by atoms with Crippen molar-refractivity contribution in [2.45, 2.75) is 193 Å². The van der Waals surface area contributed by atoms with Crippen molar-refractivity contribution in [1.82, 2.24) is 9.80 Å². The molecule has 236 valence electrons. The lowest BCUT2D eigenvalue weighted by Crippen LogP contribution is -2.25. The normalized spacial score (nSPS) is 13.5. The predicted octanol–water partition coefficient (Wildman–Crippen LogP) is 11.0. The Balaban J connectivity index is 4.43. The summed E-state index contributed by atoms with van der Waals surface area (Å²) in [5.74, 6) is 0. The summed E-state index contributed by atoms with van der Waals surface area (Å²) in [7, 11) is 8.81. The Morgan fingerprint density at radius 1 is 0.359 bits per heavy atom. The largest absolute Gasteiger partial charge is 0.375 e. The van der Waals surface area contributed by atoms with Crippen molar-refractivity contribution in [3.63, 3.8) is 0 Å². The molecule has 0 saturated heterocycles. The van der Waals surface area contributed by atoms with Crippen molar-refractivity contribution in [2.75, 3.05) is 41.3 Å². The van der Waals surface area contributed by atoms with Crippen LogP contribution in [0.5, 0.6) is 0 Å². The molecule has 2 atom stereocenters. The van der Waals surface area contributed by atoms with Gasteiger partial charge >= 0.3 is 0 Å². The number of rotatable bonds is 32. The Morgan fingerprint density at radius 2 is 0.615 bits per heavy atom. The van der Waals surface area contributed by atoms with E-state index in [0.717, 1.165) is 0 Å². The molecule has 0 aromatic heterocycles. The second-order valence-electron chi connectivity index (χ2n) is 13.2. The molecular weight excluding hydrogens is 476 g/mol. The second-order valence-corrected chi connectivity index (χ2v) is 13.2. The van der Waals surface area contributed by atoms with Gasteiger partial charge in [-0.3, -0.25) is 0 Å². The maximum atomic E-state index is 6.94. The summed E-state index contributed by atoms with van der Waals surface area (Å²) < 4.78 is 6.94. The van der Waals surface area contributed by atoms with Crippen LogP contribution < -0.4 is 0 Å². The molecule has 0 aliphatic heterocycles. The van der Waals surface area contributed by atoms with Crippen molar-refractivity contribution in [3.05, 3.63) is 0 Å². The van der Waals surface area contributed by atoms with E-state index in [2.05, 4.69) is 51.8 Å². The maximum Gasteiger partial charge on any atom is 0.0579 e. The van der Waals surface area contributed by atoms with Crippen LogP contribution in [0, 0.1) is 0 Å². The van der Waals surface area contributed by atoms with Gasteiger partial charge in [0, 0.05) is 0 Å². The summed E-state index contributed by atoms with van der Waals surface area (Å²) in [6, 6.07) is 0. The fourth-order valence-electron chi connectivity index (χ4n) is 5.82. The minimum Gasteiger partial charge on any atom is -0.375 e. The Morgan fingerprint density at radius 3 is 0.897 bits per heavy atom. The first-order valence-electron chi connectivity index (χ1n) is 17.9. The van der Waals surface area contributed by atoms with Crippen LogP contribution in [-0.2, 0) is 4.74 Å². The van der Waals surface area contributed by atoms with Crippen molar-refractivity contribution >= 4 is 0 Å². The summed E-state index contributed by atoms with van der Waals surface area (Å²) in [5, 5.41) is 0. The molecule has 0 rings (SSSR count). The van der Waals surface area contributed by atoms with Crippen molar-refractivity contribution < 1.29 is 4.74 Å². The lowest BCUT2D eigenvalue weighted by atomic mass is 10.0. The van der Waals surface area contributed by atoms with Crippen LogP contribution >= 0.6 is 0 Å². The third kappa shape index (κ3) is 30.7. The van der Waals surface area contributed by atoms with Gasteiger partial charge in [0.1, 0.15) is 0 Å². The van der Waals surface area contributed by atoms with E-state index < -0.39 is 0 Å². The highest BCUT2D eigenvalue weighted by Gasteiger charge is 2.17. The van der Waals surface area contributed by atoms with E-state index in [0.29, 0.717) is 12.2 Å². The molecule has 2 unspecified atom stereocenters. The lowest BCUT2D eigenvalue weighted by Gasteiger charge is -2.26. The molecule has 0 saturated carbocycles. The first kappa shape index (κ1) is 38.9. The molecule has 0 amide bonds. The van der Waals surface area contributed by atoms with Crippen LogP contribution in [-0.4, -0.2) is 63.3 Å². The maximum absolute atomic E-state index is 6.94. The number of ether oxygens (including phenoxy) is 1. The van der Waals surface area contributed by atoms with Gasteiger partial charge in [-0.1, -0.05) is 142 Å². The molecule has 0 aliphatic carbocycles. The second kappa shape index (κ2) is 30.8. The zero-order valence-corrected chi connectivity index (χ0v) is 28.3.